The number of halogens is 1. The molecule has 0 aromatic heterocycles. The number of hydrogen-bond donors (Lipinski definition) is 1. The van der Waals surface area contributed by atoms with E-state index in [9.17, 15) is 4.79 Å². The Hall–Kier alpha value is -0.440. The first-order valence-corrected chi connectivity index (χ1v) is 4.60. The van der Waals surface area contributed by atoms with E-state index >= 15 is 0 Å². The van der Waals surface area contributed by atoms with Crippen LogP contribution in [0.15, 0.2) is 0 Å². The van der Waals surface area contributed by atoms with Crippen LogP contribution in [-0.2, 0) is 9.53 Å². The molecule has 0 bridgehead atoms. The lowest BCUT2D eigenvalue weighted by atomic mass is 10.5. The van der Waals surface area contributed by atoms with E-state index in [-0.39, 0.29) is 0 Å². The molecule has 1 saturated heterocycles. The third kappa shape index (κ3) is 11.6. The molecule has 0 aromatic carbocycles. The number of nitrogens with zero attached hydrogens (tertiary/aromatic N) is 1. The molecule has 7 nitrogen and oxygen atoms in total. The van der Waals surface area contributed by atoms with Gasteiger partial charge in [0.1, 0.15) is 0 Å². The largest absolute Gasteiger partial charge is 0.378 e. The lowest BCUT2D eigenvalue weighted by molar-refractivity contribution is -1.92. The van der Waals surface area contributed by atoms with Gasteiger partial charge in [0.2, 0.25) is 6.41 Å². The molecule has 1 rings (SSSR count). The molecule has 0 saturated carbocycles. The van der Waals surface area contributed by atoms with Crippen molar-refractivity contribution in [2.24, 2.45) is 0 Å². The summed E-state index contributed by atoms with van der Waals surface area (Å²) < 4.78 is 37.7. The van der Waals surface area contributed by atoms with Gasteiger partial charge in [0.25, 0.3) is 0 Å². The van der Waals surface area contributed by atoms with Crippen LogP contribution in [0.25, 0.3) is 0 Å². The minimum absolute atomic E-state index is 0.693. The van der Waals surface area contributed by atoms with Crippen molar-refractivity contribution in [3.63, 3.8) is 0 Å². The molecule has 1 N–H and O–H groups in total. The van der Waals surface area contributed by atoms with Crippen molar-refractivity contribution in [3.05, 3.63) is 0 Å². The van der Waals surface area contributed by atoms with Crippen molar-refractivity contribution in [2.45, 2.75) is 0 Å². The molecule has 1 aliphatic heterocycles. The molecule has 0 unspecified atom stereocenters. The second-order valence-corrected chi connectivity index (χ2v) is 2.94. The van der Waals surface area contributed by atoms with E-state index in [4.69, 9.17) is 23.4 Å². The number of rotatable bonds is 1. The summed E-state index contributed by atoms with van der Waals surface area (Å²) in [7, 11) is -4.69. The molecule has 13 heavy (non-hydrogen) atoms. The maximum absolute atomic E-state index is 10.0. The number of carbonyl (C=O) groups is 1. The number of hydrogen-bond acceptors (Lipinski definition) is 6. The van der Waals surface area contributed by atoms with Crippen molar-refractivity contribution >= 4 is 6.41 Å². The monoisotopic (exact) mass is 215 g/mol. The predicted molar refractivity (Wildman–Crippen MR) is 30.7 cm³/mol. The normalized spacial score (nSPS) is 17.4. The average Bonchev–Trinajstić information content (AvgIpc) is 2.03. The number of amides is 1. The fourth-order valence-corrected chi connectivity index (χ4v) is 0.683. The lowest BCUT2D eigenvalue weighted by Gasteiger charge is -2.21. The van der Waals surface area contributed by atoms with Crippen molar-refractivity contribution in [3.8, 4) is 0 Å². The van der Waals surface area contributed by atoms with E-state index in [0.29, 0.717) is 13.2 Å². The van der Waals surface area contributed by atoms with Crippen LogP contribution < -0.4 is 14.0 Å². The summed E-state index contributed by atoms with van der Waals surface area (Å²) in [6.45, 7) is 2.89. The first-order chi connectivity index (χ1) is 5.93. The zero-order valence-corrected chi connectivity index (χ0v) is 7.48. The van der Waals surface area contributed by atoms with Crippen LogP contribution >= 0.6 is 0 Å². The molecule has 8 heteroatoms. The Labute approximate surface area is 76.9 Å². The minimum atomic E-state index is -4.69. The molecule has 1 heterocycles. The van der Waals surface area contributed by atoms with Crippen LogP contribution in [0.3, 0.4) is 0 Å². The molecule has 0 aliphatic carbocycles. The first kappa shape index (κ1) is 12.6. The Kier molecular flexibility index (Phi) is 5.88. The Bertz CT molecular complexity index is 136. The fourth-order valence-electron chi connectivity index (χ4n) is 0.683. The molecule has 78 valence electrons. The summed E-state index contributed by atoms with van der Waals surface area (Å²) in [6.07, 6.45) is 0.864. The van der Waals surface area contributed by atoms with Crippen molar-refractivity contribution in [1.29, 1.82) is 0 Å². The summed E-state index contributed by atoms with van der Waals surface area (Å²) in [6, 6.07) is 0. The highest BCUT2D eigenvalue weighted by Gasteiger charge is 2.05. The average molecular weight is 216 g/mol. The second kappa shape index (κ2) is 6.08. The van der Waals surface area contributed by atoms with E-state index in [1.165, 1.54) is 0 Å². The summed E-state index contributed by atoms with van der Waals surface area (Å²) in [4.78, 5) is 11.7. The fraction of sp³-hybridized carbons (Fsp3) is 0.800. The van der Waals surface area contributed by atoms with Gasteiger partial charge < -0.3 is 9.64 Å². The molecule has 1 aliphatic rings. The predicted octanol–water partition coefficient (Wildman–Crippen LogP) is -4.65. The Morgan fingerprint density at radius 1 is 1.31 bits per heavy atom. The molecule has 0 radical (unpaired) electrons. The van der Waals surface area contributed by atoms with Gasteiger partial charge in [-0.2, -0.15) is 14.0 Å². The van der Waals surface area contributed by atoms with Crippen molar-refractivity contribution < 1.29 is 38.4 Å². The SMILES string of the molecule is O=CN1CCOCC1.[O-][Cl+3]([O-])([O-])O. The highest BCUT2D eigenvalue weighted by atomic mass is 35.7. The van der Waals surface area contributed by atoms with Gasteiger partial charge in [-0.1, -0.05) is 0 Å². The van der Waals surface area contributed by atoms with Crippen LogP contribution in [0.5, 0.6) is 0 Å². The van der Waals surface area contributed by atoms with Crippen molar-refractivity contribution in [2.75, 3.05) is 26.3 Å². The van der Waals surface area contributed by atoms with Crippen LogP contribution in [0.4, 0.5) is 0 Å². The Morgan fingerprint density at radius 3 is 1.92 bits per heavy atom. The van der Waals surface area contributed by atoms with Gasteiger partial charge in [-0.05, 0) is 0 Å². The van der Waals surface area contributed by atoms with Gasteiger partial charge in [0.15, 0.2) is 0 Å². The van der Waals surface area contributed by atoms with E-state index in [2.05, 4.69) is 0 Å². The summed E-state index contributed by atoms with van der Waals surface area (Å²) >= 11 is 0. The van der Waals surface area contributed by atoms with E-state index in [0.717, 1.165) is 19.5 Å². The Morgan fingerprint density at radius 2 is 1.69 bits per heavy atom. The topological polar surface area (TPSA) is 119 Å². The molecule has 0 spiro atoms. The van der Waals surface area contributed by atoms with E-state index < -0.39 is 10.2 Å². The summed E-state index contributed by atoms with van der Waals surface area (Å²) in [5.41, 5.74) is 0. The molecular formula is C5H10ClNO6. The summed E-state index contributed by atoms with van der Waals surface area (Å²) in [5, 5.41) is 0. The third-order valence-corrected chi connectivity index (χ3v) is 1.19. The minimum Gasteiger partial charge on any atom is -0.378 e. The van der Waals surface area contributed by atoms with Crippen LogP contribution in [0.1, 0.15) is 0 Å². The number of carbonyl (C=O) groups excluding carboxylic acids is 1. The van der Waals surface area contributed by atoms with E-state index in [1.54, 1.807) is 4.90 Å². The molecular weight excluding hydrogens is 206 g/mol. The van der Waals surface area contributed by atoms with Gasteiger partial charge in [0, 0.05) is 13.1 Å². The molecule has 1 fully saturated rings. The smallest absolute Gasteiger partial charge is 0.209 e. The van der Waals surface area contributed by atoms with Gasteiger partial charge in [-0.25, -0.2) is 0 Å². The van der Waals surface area contributed by atoms with Gasteiger partial charge >= 0.3 is 0 Å². The van der Waals surface area contributed by atoms with Gasteiger partial charge in [-0.3, -0.25) is 4.79 Å². The third-order valence-electron chi connectivity index (χ3n) is 1.19. The highest BCUT2D eigenvalue weighted by molar-refractivity contribution is 5.46. The Balaban J connectivity index is 0.000000252. The number of morpholine rings is 1. The second-order valence-electron chi connectivity index (χ2n) is 2.15. The van der Waals surface area contributed by atoms with Gasteiger partial charge in [0.05, 0.1) is 28.1 Å². The van der Waals surface area contributed by atoms with Crippen LogP contribution in [0.2, 0.25) is 0 Å². The lowest BCUT2D eigenvalue weighted by Crippen LogP contribution is -2.58. The maximum atomic E-state index is 10.0. The van der Waals surface area contributed by atoms with E-state index in [1.807, 2.05) is 0 Å². The summed E-state index contributed by atoms with van der Waals surface area (Å²) in [5.74, 6) is 0. The molecule has 0 atom stereocenters. The zero-order chi connectivity index (χ0) is 10.3. The molecule has 1 amide bonds. The van der Waals surface area contributed by atoms with Gasteiger partial charge in [-0.15, -0.1) is 0 Å². The standard InChI is InChI=1S/C5H9NO2.ClHO4/c7-5-6-1-3-8-4-2-6;2-1(3,4)5/h5H,1-4H2;(H,2,3,4,5). The quantitative estimate of drug-likeness (QED) is 0.439. The first-order valence-electron chi connectivity index (χ1n) is 3.34. The maximum Gasteiger partial charge on any atom is 0.209 e. The van der Waals surface area contributed by atoms with Crippen LogP contribution in [0, 0.1) is 10.2 Å². The zero-order valence-electron chi connectivity index (χ0n) is 6.72. The van der Waals surface area contributed by atoms with Crippen LogP contribution in [-0.4, -0.2) is 42.3 Å². The molecule has 0 aromatic rings. The highest BCUT2D eigenvalue weighted by Crippen LogP contribution is 1.90. The number of ether oxygens (including phenoxy) is 1. The van der Waals surface area contributed by atoms with Crippen molar-refractivity contribution in [1.82, 2.24) is 4.90 Å².